The van der Waals surface area contributed by atoms with Crippen LogP contribution in [0.2, 0.25) is 0 Å². The summed E-state index contributed by atoms with van der Waals surface area (Å²) < 4.78 is 34.7. The zero-order chi connectivity index (χ0) is 14.2. The van der Waals surface area contributed by atoms with Crippen LogP contribution >= 0.6 is 0 Å². The molecule has 2 atom stereocenters. The Kier molecular flexibility index (Phi) is 4.01. The molecule has 0 saturated carbocycles. The highest BCUT2D eigenvalue weighted by Crippen LogP contribution is 2.23. The smallest absolute Gasteiger partial charge is 0.175 e. The molecule has 0 N–H and O–H groups in total. The SMILES string of the molecule is CC1CN(c2ccc(S(C)(=O)=O)cc2)CC(C)S1=O. The molecule has 1 fully saturated rings. The summed E-state index contributed by atoms with van der Waals surface area (Å²) in [7, 11) is -3.93. The van der Waals surface area contributed by atoms with E-state index in [0.29, 0.717) is 4.90 Å². The molecule has 0 bridgehead atoms. The van der Waals surface area contributed by atoms with Crippen LogP contribution in [0.5, 0.6) is 0 Å². The van der Waals surface area contributed by atoms with Gasteiger partial charge in [-0.15, -0.1) is 0 Å². The Bertz CT molecular complexity index is 566. The van der Waals surface area contributed by atoms with Crippen LogP contribution in [-0.2, 0) is 20.6 Å². The molecule has 2 unspecified atom stereocenters. The molecule has 0 aromatic heterocycles. The minimum Gasteiger partial charge on any atom is -0.369 e. The summed E-state index contributed by atoms with van der Waals surface area (Å²) in [5, 5.41) is 0.275. The lowest BCUT2D eigenvalue weighted by atomic mass is 10.2. The molecule has 19 heavy (non-hydrogen) atoms. The zero-order valence-corrected chi connectivity index (χ0v) is 13.0. The van der Waals surface area contributed by atoms with Crippen molar-refractivity contribution in [2.75, 3.05) is 24.2 Å². The van der Waals surface area contributed by atoms with Crippen molar-refractivity contribution < 1.29 is 12.6 Å². The third kappa shape index (κ3) is 3.17. The van der Waals surface area contributed by atoms with Crippen LogP contribution in [-0.4, -0.2) is 42.5 Å². The maximum absolute atomic E-state index is 11.9. The molecule has 1 heterocycles. The highest BCUT2D eigenvalue weighted by molar-refractivity contribution is 7.90. The maximum atomic E-state index is 11.9. The molecular weight excluding hydrogens is 282 g/mol. The van der Waals surface area contributed by atoms with Crippen molar-refractivity contribution in [2.24, 2.45) is 0 Å². The van der Waals surface area contributed by atoms with E-state index in [1.165, 1.54) is 6.26 Å². The Morgan fingerprint density at radius 2 is 1.58 bits per heavy atom. The number of anilines is 1. The monoisotopic (exact) mass is 301 g/mol. The summed E-state index contributed by atoms with van der Waals surface area (Å²) in [6, 6.07) is 6.91. The molecule has 0 spiro atoms. The molecule has 2 rings (SSSR count). The topological polar surface area (TPSA) is 54.5 Å². The maximum Gasteiger partial charge on any atom is 0.175 e. The van der Waals surface area contributed by atoms with Crippen LogP contribution in [0.3, 0.4) is 0 Å². The molecule has 1 saturated heterocycles. The molecule has 1 aliphatic heterocycles. The molecule has 1 aromatic carbocycles. The van der Waals surface area contributed by atoms with Gasteiger partial charge in [0.1, 0.15) is 0 Å². The van der Waals surface area contributed by atoms with Crippen molar-refractivity contribution in [3.63, 3.8) is 0 Å². The normalized spacial score (nSPS) is 28.4. The fourth-order valence-electron chi connectivity index (χ4n) is 2.35. The van der Waals surface area contributed by atoms with Crippen molar-refractivity contribution in [1.29, 1.82) is 0 Å². The summed E-state index contributed by atoms with van der Waals surface area (Å²) in [6.45, 7) is 5.47. The van der Waals surface area contributed by atoms with Crippen LogP contribution < -0.4 is 4.90 Å². The van der Waals surface area contributed by atoms with E-state index in [9.17, 15) is 12.6 Å². The fourth-order valence-corrected chi connectivity index (χ4v) is 4.43. The minimum absolute atomic E-state index is 0.137. The van der Waals surface area contributed by atoms with Crippen LogP contribution in [0.15, 0.2) is 29.2 Å². The molecule has 4 nitrogen and oxygen atoms in total. The average Bonchev–Trinajstić information content (AvgIpc) is 2.34. The predicted molar refractivity (Wildman–Crippen MR) is 78.8 cm³/mol. The van der Waals surface area contributed by atoms with E-state index in [1.807, 2.05) is 26.0 Å². The van der Waals surface area contributed by atoms with Crippen LogP contribution in [0.1, 0.15) is 13.8 Å². The van der Waals surface area contributed by atoms with Gasteiger partial charge in [0.2, 0.25) is 0 Å². The van der Waals surface area contributed by atoms with E-state index >= 15 is 0 Å². The molecule has 0 aliphatic carbocycles. The van der Waals surface area contributed by atoms with Gasteiger partial charge in [-0.05, 0) is 38.1 Å². The summed E-state index contributed by atoms with van der Waals surface area (Å²) in [6.07, 6.45) is 1.20. The van der Waals surface area contributed by atoms with Gasteiger partial charge in [-0.1, -0.05) is 0 Å². The van der Waals surface area contributed by atoms with Gasteiger partial charge in [-0.2, -0.15) is 0 Å². The summed E-state index contributed by atoms with van der Waals surface area (Å²) in [5.74, 6) is 0. The zero-order valence-electron chi connectivity index (χ0n) is 11.4. The third-order valence-corrected chi connectivity index (χ3v) is 6.39. The van der Waals surface area contributed by atoms with Gasteiger partial charge >= 0.3 is 0 Å². The van der Waals surface area contributed by atoms with E-state index in [1.54, 1.807) is 12.1 Å². The van der Waals surface area contributed by atoms with Gasteiger partial charge in [0.25, 0.3) is 0 Å². The Morgan fingerprint density at radius 3 is 2.00 bits per heavy atom. The molecule has 106 valence electrons. The third-order valence-electron chi connectivity index (χ3n) is 3.38. The largest absolute Gasteiger partial charge is 0.369 e. The summed E-state index contributed by atoms with van der Waals surface area (Å²) >= 11 is 0. The summed E-state index contributed by atoms with van der Waals surface area (Å²) in [5.41, 5.74) is 0.989. The van der Waals surface area contributed by atoms with Gasteiger partial charge < -0.3 is 4.90 Å². The predicted octanol–water partition coefficient (Wildman–Crippen LogP) is 1.44. The van der Waals surface area contributed by atoms with Crippen molar-refractivity contribution in [3.05, 3.63) is 24.3 Å². The van der Waals surface area contributed by atoms with E-state index in [0.717, 1.165) is 18.8 Å². The van der Waals surface area contributed by atoms with Crippen LogP contribution in [0, 0.1) is 0 Å². The van der Waals surface area contributed by atoms with Gasteiger partial charge in [0.05, 0.1) is 4.90 Å². The molecular formula is C13H19NO3S2. The number of rotatable bonds is 2. The van der Waals surface area contributed by atoms with Crippen molar-refractivity contribution >= 4 is 26.3 Å². The van der Waals surface area contributed by atoms with Crippen molar-refractivity contribution in [3.8, 4) is 0 Å². The van der Waals surface area contributed by atoms with Crippen molar-refractivity contribution in [2.45, 2.75) is 29.2 Å². The summed E-state index contributed by atoms with van der Waals surface area (Å²) in [4.78, 5) is 2.50. The van der Waals surface area contributed by atoms with Gasteiger partial charge in [-0.25, -0.2) is 8.42 Å². The first-order valence-electron chi connectivity index (χ1n) is 6.23. The second-order valence-electron chi connectivity index (χ2n) is 5.12. The molecule has 0 amide bonds. The van der Waals surface area contributed by atoms with Gasteiger partial charge in [-0.3, -0.25) is 4.21 Å². The van der Waals surface area contributed by atoms with E-state index in [4.69, 9.17) is 0 Å². The average molecular weight is 301 g/mol. The lowest BCUT2D eigenvalue weighted by Crippen LogP contribution is -2.47. The van der Waals surface area contributed by atoms with E-state index in [2.05, 4.69) is 4.90 Å². The quantitative estimate of drug-likeness (QED) is 0.829. The molecule has 6 heteroatoms. The number of benzene rings is 1. The number of sulfone groups is 1. The highest BCUT2D eigenvalue weighted by atomic mass is 32.2. The lowest BCUT2D eigenvalue weighted by molar-refractivity contribution is 0.602. The standard InChI is InChI=1S/C13H19NO3S2/c1-10-8-14(9-11(2)18(10)15)12-4-6-13(7-5-12)19(3,16)17/h4-7,10-11H,8-9H2,1-3H3. The second-order valence-corrected chi connectivity index (χ2v) is 9.40. The van der Waals surface area contributed by atoms with E-state index in [-0.39, 0.29) is 10.5 Å². The number of hydrogen-bond acceptors (Lipinski definition) is 4. The number of nitrogens with zero attached hydrogens (tertiary/aromatic N) is 1. The highest BCUT2D eigenvalue weighted by Gasteiger charge is 2.28. The lowest BCUT2D eigenvalue weighted by Gasteiger charge is -2.36. The molecule has 0 radical (unpaired) electrons. The first kappa shape index (κ1) is 14.5. The second kappa shape index (κ2) is 5.25. The van der Waals surface area contributed by atoms with Gasteiger partial charge in [0.15, 0.2) is 9.84 Å². The Morgan fingerprint density at radius 1 is 1.11 bits per heavy atom. The first-order valence-corrected chi connectivity index (χ1v) is 9.40. The Labute approximate surface area is 117 Å². The minimum atomic E-state index is -3.15. The first-order chi connectivity index (χ1) is 8.79. The van der Waals surface area contributed by atoms with Crippen molar-refractivity contribution in [1.82, 2.24) is 0 Å². The van der Waals surface area contributed by atoms with E-state index < -0.39 is 20.6 Å². The van der Waals surface area contributed by atoms with Crippen LogP contribution in [0.25, 0.3) is 0 Å². The van der Waals surface area contributed by atoms with Gasteiger partial charge in [0, 0.05) is 46.3 Å². The number of hydrogen-bond donors (Lipinski definition) is 0. The Balaban J connectivity index is 2.22. The molecule has 1 aliphatic rings. The van der Waals surface area contributed by atoms with Crippen LogP contribution in [0.4, 0.5) is 5.69 Å². The fraction of sp³-hybridized carbons (Fsp3) is 0.538. The Hall–Kier alpha value is -0.880. The molecule has 1 aromatic rings.